The van der Waals surface area contributed by atoms with Gasteiger partial charge in [0.1, 0.15) is 18.5 Å². The molecule has 1 unspecified atom stereocenters. The van der Waals surface area contributed by atoms with Crippen LogP contribution in [0.5, 0.6) is 5.75 Å². The first-order valence-corrected chi connectivity index (χ1v) is 8.21. The Labute approximate surface area is 147 Å². The van der Waals surface area contributed by atoms with Crippen molar-refractivity contribution >= 4 is 17.5 Å². The van der Waals surface area contributed by atoms with Gasteiger partial charge >= 0.3 is 0 Å². The fraction of sp³-hybridized carbons (Fsp3) is 0.316. The Hall–Kier alpha value is -2.04. The number of nitrogens with one attached hydrogen (secondary N) is 1. The minimum Gasteiger partial charge on any atom is -0.490 e. The van der Waals surface area contributed by atoms with Crippen molar-refractivity contribution in [3.63, 3.8) is 0 Å². The lowest BCUT2D eigenvalue weighted by atomic mass is 10.1. The molecule has 0 bridgehead atoms. The quantitative estimate of drug-likeness (QED) is 0.809. The number of aryl methyl sites for hydroxylation is 2. The van der Waals surface area contributed by atoms with E-state index in [4.69, 9.17) is 16.3 Å². The lowest BCUT2D eigenvalue weighted by molar-refractivity contribution is -0.121. The monoisotopic (exact) mass is 347 g/mol. The Morgan fingerprint density at radius 1 is 1.21 bits per heavy atom. The van der Waals surface area contributed by atoms with Gasteiger partial charge in [0.2, 0.25) is 5.91 Å². The van der Waals surface area contributed by atoms with Crippen molar-refractivity contribution in [2.75, 3.05) is 13.2 Å². The Morgan fingerprint density at radius 3 is 2.54 bits per heavy atom. The molecule has 2 N–H and O–H groups in total. The van der Waals surface area contributed by atoms with Crippen LogP contribution in [0.15, 0.2) is 42.5 Å². The average Bonchev–Trinajstić information content (AvgIpc) is 2.52. The fourth-order valence-electron chi connectivity index (χ4n) is 2.39. The summed E-state index contributed by atoms with van der Waals surface area (Å²) in [6.45, 7) is 4.19. The zero-order valence-electron chi connectivity index (χ0n) is 13.9. The van der Waals surface area contributed by atoms with Crippen molar-refractivity contribution in [1.29, 1.82) is 0 Å². The Bertz CT molecular complexity index is 683. The van der Waals surface area contributed by atoms with Crippen molar-refractivity contribution in [2.24, 2.45) is 0 Å². The predicted molar refractivity (Wildman–Crippen MR) is 95.6 cm³/mol. The first-order valence-electron chi connectivity index (χ1n) is 7.84. The number of halogens is 1. The van der Waals surface area contributed by atoms with Crippen LogP contribution in [0.3, 0.4) is 0 Å². The first kappa shape index (κ1) is 18.3. The second kappa shape index (κ2) is 8.71. The molecule has 0 spiro atoms. The van der Waals surface area contributed by atoms with Crippen LogP contribution < -0.4 is 10.1 Å². The van der Waals surface area contributed by atoms with Gasteiger partial charge in [-0.15, -0.1) is 0 Å². The minimum absolute atomic E-state index is 0.128. The summed E-state index contributed by atoms with van der Waals surface area (Å²) in [7, 11) is 0. The van der Waals surface area contributed by atoms with Gasteiger partial charge in [0.25, 0.3) is 0 Å². The molecular formula is C19H22ClNO3. The number of hydrogen-bond acceptors (Lipinski definition) is 3. The van der Waals surface area contributed by atoms with Crippen molar-refractivity contribution in [3.8, 4) is 5.75 Å². The van der Waals surface area contributed by atoms with Gasteiger partial charge in [0.15, 0.2) is 0 Å². The summed E-state index contributed by atoms with van der Waals surface area (Å²) in [5, 5.41) is 13.3. The first-order chi connectivity index (χ1) is 11.5. The van der Waals surface area contributed by atoms with E-state index in [0.29, 0.717) is 5.02 Å². The minimum atomic E-state index is -0.771. The standard InChI is InChI=1S/C19H22ClNO3/c1-13-5-3-6-14(2)19(13)24-12-17(22)11-21-18(23)10-15-7-4-8-16(20)9-15/h3-9,17,22H,10-12H2,1-2H3,(H,21,23). The van der Waals surface area contributed by atoms with E-state index >= 15 is 0 Å². The molecule has 24 heavy (non-hydrogen) atoms. The van der Waals surface area contributed by atoms with Crippen LogP contribution in [-0.4, -0.2) is 30.3 Å². The van der Waals surface area contributed by atoms with Crippen molar-refractivity contribution < 1.29 is 14.6 Å². The largest absolute Gasteiger partial charge is 0.490 e. The van der Waals surface area contributed by atoms with Gasteiger partial charge in [0.05, 0.1) is 6.42 Å². The molecule has 2 aromatic carbocycles. The topological polar surface area (TPSA) is 58.6 Å². The molecule has 1 atom stereocenters. The molecule has 128 valence electrons. The summed E-state index contributed by atoms with van der Waals surface area (Å²) >= 11 is 5.89. The maximum Gasteiger partial charge on any atom is 0.224 e. The van der Waals surface area contributed by atoms with E-state index < -0.39 is 6.10 Å². The van der Waals surface area contributed by atoms with Gasteiger partial charge in [-0.05, 0) is 42.7 Å². The van der Waals surface area contributed by atoms with Crippen LogP contribution >= 0.6 is 11.6 Å². The third-order valence-electron chi connectivity index (χ3n) is 3.62. The second-order valence-electron chi connectivity index (χ2n) is 5.80. The molecule has 0 radical (unpaired) electrons. The maximum atomic E-state index is 11.9. The van der Waals surface area contributed by atoms with Crippen LogP contribution in [0.4, 0.5) is 0 Å². The highest BCUT2D eigenvalue weighted by Crippen LogP contribution is 2.22. The summed E-state index contributed by atoms with van der Waals surface area (Å²) < 4.78 is 5.68. The molecular weight excluding hydrogens is 326 g/mol. The number of rotatable bonds is 7. The summed E-state index contributed by atoms with van der Waals surface area (Å²) in [6.07, 6.45) is -0.544. The Balaban J connectivity index is 1.76. The number of ether oxygens (including phenoxy) is 1. The highest BCUT2D eigenvalue weighted by molar-refractivity contribution is 6.30. The van der Waals surface area contributed by atoms with Gasteiger partial charge in [-0.1, -0.05) is 41.9 Å². The smallest absolute Gasteiger partial charge is 0.224 e. The van der Waals surface area contributed by atoms with Crippen molar-refractivity contribution in [2.45, 2.75) is 26.4 Å². The molecule has 0 aromatic heterocycles. The van der Waals surface area contributed by atoms with Crippen LogP contribution in [0.25, 0.3) is 0 Å². The third kappa shape index (κ3) is 5.55. The van der Waals surface area contributed by atoms with E-state index in [1.54, 1.807) is 18.2 Å². The fourth-order valence-corrected chi connectivity index (χ4v) is 2.60. The average molecular weight is 348 g/mol. The van der Waals surface area contributed by atoms with E-state index in [9.17, 15) is 9.90 Å². The highest BCUT2D eigenvalue weighted by atomic mass is 35.5. The molecule has 0 aliphatic carbocycles. The van der Waals surface area contributed by atoms with E-state index in [-0.39, 0.29) is 25.5 Å². The second-order valence-corrected chi connectivity index (χ2v) is 6.23. The van der Waals surface area contributed by atoms with Gasteiger partial charge < -0.3 is 15.2 Å². The van der Waals surface area contributed by atoms with E-state index in [0.717, 1.165) is 22.4 Å². The van der Waals surface area contributed by atoms with E-state index in [1.807, 2.05) is 38.1 Å². The molecule has 2 rings (SSSR count). The molecule has 0 saturated heterocycles. The molecule has 5 heteroatoms. The zero-order valence-corrected chi connectivity index (χ0v) is 14.6. The third-order valence-corrected chi connectivity index (χ3v) is 3.85. The van der Waals surface area contributed by atoms with Gasteiger partial charge in [-0.3, -0.25) is 4.79 Å². The molecule has 0 aliphatic heterocycles. The van der Waals surface area contributed by atoms with Crippen molar-refractivity contribution in [1.82, 2.24) is 5.32 Å². The number of carbonyl (C=O) groups excluding carboxylic acids is 1. The lowest BCUT2D eigenvalue weighted by Crippen LogP contribution is -2.36. The van der Waals surface area contributed by atoms with E-state index in [1.165, 1.54) is 0 Å². The predicted octanol–water partition coefficient (Wildman–Crippen LogP) is 3.06. The molecule has 0 fully saturated rings. The summed E-state index contributed by atoms with van der Waals surface area (Å²) in [5.41, 5.74) is 2.88. The lowest BCUT2D eigenvalue weighted by Gasteiger charge is -2.16. The SMILES string of the molecule is Cc1cccc(C)c1OCC(O)CNC(=O)Cc1cccc(Cl)c1. The van der Waals surface area contributed by atoms with Crippen LogP contribution in [0.1, 0.15) is 16.7 Å². The number of hydrogen-bond donors (Lipinski definition) is 2. The molecule has 2 aromatic rings. The summed E-state index contributed by atoms with van der Waals surface area (Å²) in [4.78, 5) is 11.9. The number of carbonyl (C=O) groups is 1. The van der Waals surface area contributed by atoms with Gasteiger partial charge in [-0.2, -0.15) is 0 Å². The number of aliphatic hydroxyl groups is 1. The summed E-state index contributed by atoms with van der Waals surface area (Å²) in [6, 6.07) is 13.0. The van der Waals surface area contributed by atoms with Crippen LogP contribution in [0.2, 0.25) is 5.02 Å². The van der Waals surface area contributed by atoms with E-state index in [2.05, 4.69) is 5.32 Å². The van der Waals surface area contributed by atoms with Crippen LogP contribution in [-0.2, 0) is 11.2 Å². The van der Waals surface area contributed by atoms with Crippen molar-refractivity contribution in [3.05, 3.63) is 64.2 Å². The number of aliphatic hydroxyl groups excluding tert-OH is 1. The zero-order chi connectivity index (χ0) is 17.5. The van der Waals surface area contributed by atoms with Gasteiger partial charge in [-0.25, -0.2) is 0 Å². The van der Waals surface area contributed by atoms with Crippen LogP contribution in [0, 0.1) is 13.8 Å². The number of benzene rings is 2. The normalized spacial score (nSPS) is 11.8. The Morgan fingerprint density at radius 2 is 1.88 bits per heavy atom. The molecule has 0 aliphatic rings. The molecule has 4 nitrogen and oxygen atoms in total. The molecule has 0 heterocycles. The number of amides is 1. The Kier molecular flexibility index (Phi) is 6.64. The summed E-state index contributed by atoms with van der Waals surface area (Å²) in [5.74, 6) is 0.616. The maximum absolute atomic E-state index is 11.9. The van der Waals surface area contributed by atoms with Gasteiger partial charge in [0, 0.05) is 11.6 Å². The molecule has 1 amide bonds. The number of para-hydroxylation sites is 1. The molecule has 0 saturated carbocycles. The highest BCUT2D eigenvalue weighted by Gasteiger charge is 2.11.